The smallest absolute Gasteiger partial charge is 0.481 e. The minimum atomic E-state index is -0.434. The van der Waals surface area contributed by atoms with E-state index in [4.69, 9.17) is 14.0 Å². The fourth-order valence-corrected chi connectivity index (χ4v) is 1.91. The average Bonchev–Trinajstić information content (AvgIpc) is 2.57. The van der Waals surface area contributed by atoms with Gasteiger partial charge in [0.05, 0.1) is 24.0 Å². The van der Waals surface area contributed by atoms with E-state index in [1.165, 1.54) is 0 Å². The fourth-order valence-electron chi connectivity index (χ4n) is 1.91. The van der Waals surface area contributed by atoms with Crippen LogP contribution in [0.4, 0.5) is 0 Å². The lowest BCUT2D eigenvalue weighted by molar-refractivity contribution is 0.00578. The number of rotatable bonds is 3. The first-order valence-corrected chi connectivity index (χ1v) is 6.34. The van der Waals surface area contributed by atoms with Crippen LogP contribution in [0.3, 0.4) is 0 Å². The van der Waals surface area contributed by atoms with Crippen LogP contribution in [0.25, 0.3) is 6.08 Å². The Morgan fingerprint density at radius 1 is 1.21 bits per heavy atom. The molecule has 1 aromatic heterocycles. The molecule has 1 aliphatic heterocycles. The second-order valence-corrected chi connectivity index (χ2v) is 5.62. The van der Waals surface area contributed by atoms with Crippen molar-refractivity contribution in [1.29, 1.82) is 0 Å². The Labute approximate surface area is 114 Å². The minimum absolute atomic E-state index is 0.365. The SMILES string of the molecule is C=Cc1nc(OC)ccc1B1OC(C)(C)C(C)(C)O1. The lowest BCUT2D eigenvalue weighted by atomic mass is 9.78. The van der Waals surface area contributed by atoms with E-state index in [1.807, 2.05) is 33.8 Å². The summed E-state index contributed by atoms with van der Waals surface area (Å²) in [5.41, 5.74) is 0.860. The Balaban J connectivity index is 2.37. The standard InChI is InChI=1S/C14H20BNO3/c1-7-11-10(8-9-12(16-11)17-6)15-18-13(2,3)14(4,5)19-15/h7-9H,1H2,2-6H3. The van der Waals surface area contributed by atoms with Gasteiger partial charge < -0.3 is 14.0 Å². The predicted molar refractivity (Wildman–Crippen MR) is 76.6 cm³/mol. The first-order chi connectivity index (χ1) is 8.80. The zero-order valence-electron chi connectivity index (χ0n) is 12.2. The number of methoxy groups -OCH3 is 1. The van der Waals surface area contributed by atoms with Gasteiger partial charge in [0.15, 0.2) is 0 Å². The number of nitrogens with zero attached hydrogens (tertiary/aromatic N) is 1. The van der Waals surface area contributed by atoms with E-state index in [-0.39, 0.29) is 11.2 Å². The average molecular weight is 261 g/mol. The van der Waals surface area contributed by atoms with Gasteiger partial charge in [0.2, 0.25) is 5.88 Å². The first-order valence-electron chi connectivity index (χ1n) is 6.34. The summed E-state index contributed by atoms with van der Waals surface area (Å²) >= 11 is 0. The van der Waals surface area contributed by atoms with Crippen molar-refractivity contribution in [1.82, 2.24) is 4.98 Å². The molecule has 0 aromatic carbocycles. The first kappa shape index (κ1) is 14.1. The van der Waals surface area contributed by atoms with Gasteiger partial charge in [-0.2, -0.15) is 0 Å². The van der Waals surface area contributed by atoms with Crippen molar-refractivity contribution in [2.75, 3.05) is 7.11 Å². The normalized spacial score (nSPS) is 20.4. The van der Waals surface area contributed by atoms with Crippen LogP contribution in [0.15, 0.2) is 18.7 Å². The number of hydrogen-bond acceptors (Lipinski definition) is 4. The van der Waals surface area contributed by atoms with Crippen molar-refractivity contribution >= 4 is 18.7 Å². The van der Waals surface area contributed by atoms with E-state index >= 15 is 0 Å². The molecule has 0 amide bonds. The molecular weight excluding hydrogens is 241 g/mol. The maximum atomic E-state index is 6.02. The maximum absolute atomic E-state index is 6.02. The molecule has 1 aromatic rings. The molecule has 0 atom stereocenters. The zero-order chi connectivity index (χ0) is 14.3. The third-order valence-electron chi connectivity index (χ3n) is 3.84. The van der Waals surface area contributed by atoms with Crippen molar-refractivity contribution in [2.45, 2.75) is 38.9 Å². The topological polar surface area (TPSA) is 40.6 Å². The number of pyridine rings is 1. The molecule has 1 saturated heterocycles. The lowest BCUT2D eigenvalue weighted by Gasteiger charge is -2.32. The van der Waals surface area contributed by atoms with Crippen molar-refractivity contribution in [2.24, 2.45) is 0 Å². The fraction of sp³-hybridized carbons (Fsp3) is 0.500. The van der Waals surface area contributed by atoms with E-state index < -0.39 is 7.12 Å². The summed E-state index contributed by atoms with van der Waals surface area (Å²) in [6.45, 7) is 11.9. The van der Waals surface area contributed by atoms with Gasteiger partial charge in [0.25, 0.3) is 0 Å². The molecule has 0 unspecified atom stereocenters. The van der Waals surface area contributed by atoms with Crippen LogP contribution in [-0.4, -0.2) is 30.4 Å². The molecule has 2 heterocycles. The highest BCUT2D eigenvalue weighted by molar-refractivity contribution is 6.62. The van der Waals surface area contributed by atoms with Gasteiger partial charge in [-0.05, 0) is 39.8 Å². The van der Waals surface area contributed by atoms with Crippen LogP contribution in [0, 0.1) is 0 Å². The molecule has 0 spiro atoms. The molecule has 0 saturated carbocycles. The summed E-state index contributed by atoms with van der Waals surface area (Å²) in [5.74, 6) is 0.551. The highest BCUT2D eigenvalue weighted by Gasteiger charge is 2.52. The highest BCUT2D eigenvalue weighted by atomic mass is 16.7. The van der Waals surface area contributed by atoms with Gasteiger partial charge >= 0.3 is 7.12 Å². The van der Waals surface area contributed by atoms with Crippen LogP contribution >= 0.6 is 0 Å². The minimum Gasteiger partial charge on any atom is -0.481 e. The van der Waals surface area contributed by atoms with Gasteiger partial charge in [-0.1, -0.05) is 12.6 Å². The predicted octanol–water partition coefficient (Wildman–Crippen LogP) is 2.03. The largest absolute Gasteiger partial charge is 0.497 e. The summed E-state index contributed by atoms with van der Waals surface area (Å²) in [4.78, 5) is 4.35. The molecule has 0 radical (unpaired) electrons. The molecule has 2 rings (SSSR count). The summed E-state index contributed by atoms with van der Waals surface area (Å²) < 4.78 is 17.1. The number of ether oxygens (including phenoxy) is 1. The molecule has 5 heteroatoms. The molecule has 1 aliphatic rings. The van der Waals surface area contributed by atoms with E-state index in [9.17, 15) is 0 Å². The highest BCUT2D eigenvalue weighted by Crippen LogP contribution is 2.36. The maximum Gasteiger partial charge on any atom is 0.497 e. The van der Waals surface area contributed by atoms with Gasteiger partial charge in [-0.25, -0.2) is 4.98 Å². The van der Waals surface area contributed by atoms with Crippen LogP contribution < -0.4 is 10.2 Å². The zero-order valence-corrected chi connectivity index (χ0v) is 12.2. The Bertz CT molecular complexity index is 483. The summed E-state index contributed by atoms with van der Waals surface area (Å²) in [7, 11) is 1.15. The van der Waals surface area contributed by atoms with Gasteiger partial charge in [-0.3, -0.25) is 0 Å². The second kappa shape index (κ2) is 4.65. The van der Waals surface area contributed by atoms with E-state index in [0.29, 0.717) is 5.88 Å². The quantitative estimate of drug-likeness (QED) is 0.780. The monoisotopic (exact) mass is 261 g/mol. The third-order valence-corrected chi connectivity index (χ3v) is 3.84. The lowest BCUT2D eigenvalue weighted by Crippen LogP contribution is -2.41. The van der Waals surface area contributed by atoms with Crippen LogP contribution in [0.5, 0.6) is 5.88 Å². The second-order valence-electron chi connectivity index (χ2n) is 5.62. The molecule has 19 heavy (non-hydrogen) atoms. The summed E-state index contributed by atoms with van der Waals surface area (Å²) in [5, 5.41) is 0. The Kier molecular flexibility index (Phi) is 3.45. The third kappa shape index (κ3) is 2.40. The molecular formula is C14H20BNO3. The van der Waals surface area contributed by atoms with Crippen molar-refractivity contribution < 1.29 is 14.0 Å². The van der Waals surface area contributed by atoms with Crippen LogP contribution in [-0.2, 0) is 9.31 Å². The van der Waals surface area contributed by atoms with Crippen molar-refractivity contribution in [3.8, 4) is 5.88 Å². The van der Waals surface area contributed by atoms with E-state index in [0.717, 1.165) is 11.2 Å². The van der Waals surface area contributed by atoms with E-state index in [1.54, 1.807) is 19.3 Å². The molecule has 0 N–H and O–H groups in total. The molecule has 0 aliphatic carbocycles. The van der Waals surface area contributed by atoms with Gasteiger partial charge in [-0.15, -0.1) is 0 Å². The van der Waals surface area contributed by atoms with Gasteiger partial charge in [0, 0.05) is 5.46 Å². The van der Waals surface area contributed by atoms with Gasteiger partial charge in [0.1, 0.15) is 0 Å². The molecule has 102 valence electrons. The number of hydrogen-bond donors (Lipinski definition) is 0. The molecule has 1 fully saturated rings. The summed E-state index contributed by atoms with van der Waals surface area (Å²) in [6.07, 6.45) is 1.68. The molecule has 4 nitrogen and oxygen atoms in total. The van der Waals surface area contributed by atoms with Crippen LogP contribution in [0.2, 0.25) is 0 Å². The van der Waals surface area contributed by atoms with Crippen molar-refractivity contribution in [3.63, 3.8) is 0 Å². The van der Waals surface area contributed by atoms with E-state index in [2.05, 4.69) is 11.6 Å². The van der Waals surface area contributed by atoms with Crippen molar-refractivity contribution in [3.05, 3.63) is 24.4 Å². The Hall–Kier alpha value is -1.33. The van der Waals surface area contributed by atoms with Crippen LogP contribution in [0.1, 0.15) is 33.4 Å². The Morgan fingerprint density at radius 2 is 1.79 bits per heavy atom. The Morgan fingerprint density at radius 3 is 2.26 bits per heavy atom. The summed E-state index contributed by atoms with van der Waals surface area (Å²) in [6, 6.07) is 3.71. The molecule has 0 bridgehead atoms. The number of aromatic nitrogens is 1.